The van der Waals surface area contributed by atoms with Crippen molar-refractivity contribution in [3.05, 3.63) is 102 Å². The van der Waals surface area contributed by atoms with Gasteiger partial charge in [0.1, 0.15) is 48.0 Å². The number of rotatable bonds is 15. The van der Waals surface area contributed by atoms with E-state index in [1.807, 2.05) is 24.3 Å². The van der Waals surface area contributed by atoms with Crippen molar-refractivity contribution in [2.45, 2.75) is 101 Å². The van der Waals surface area contributed by atoms with Crippen molar-refractivity contribution in [3.63, 3.8) is 0 Å². The van der Waals surface area contributed by atoms with Gasteiger partial charge >= 0.3 is 5.97 Å². The molecular weight excluding hydrogens is 941 g/mol. The molecule has 1 aliphatic heterocycles. The van der Waals surface area contributed by atoms with Crippen LogP contribution >= 0.6 is 21.6 Å². The molecular formula is C48H62N10O10S2. The lowest BCUT2D eigenvalue weighted by atomic mass is 10.0. The van der Waals surface area contributed by atoms with E-state index in [1.165, 1.54) is 31.2 Å². The van der Waals surface area contributed by atoms with Gasteiger partial charge in [-0.2, -0.15) is 0 Å². The van der Waals surface area contributed by atoms with Gasteiger partial charge in [-0.05, 0) is 67.1 Å². The SMILES string of the molecule is CC(C)[C@H](NC(=O)[C@@H]1CSSC[C@H](NC(=O)[C@H](C)N)C(=O)N[C@H](Cc2ccccc2)C(=O)N[C@@H](Cc2c[nH]c3ccccc23)C(=O)N[C@@H](CCCN)C(=O)N[C@@H](Cc2ccc(O)cc2)C(=O)N1)C(=O)O. The Morgan fingerprint density at radius 2 is 1.24 bits per heavy atom. The van der Waals surface area contributed by atoms with Gasteiger partial charge in [0.15, 0.2) is 0 Å². The zero-order valence-electron chi connectivity index (χ0n) is 39.1. The summed E-state index contributed by atoms with van der Waals surface area (Å²) in [7, 11) is 2.06. The fourth-order valence-electron chi connectivity index (χ4n) is 7.49. The Balaban J connectivity index is 1.60. The summed E-state index contributed by atoms with van der Waals surface area (Å²) in [6.45, 7) is 4.75. The van der Waals surface area contributed by atoms with E-state index in [4.69, 9.17) is 11.5 Å². The molecule has 376 valence electrons. The Kier molecular flexibility index (Phi) is 20.5. The van der Waals surface area contributed by atoms with Gasteiger partial charge in [0.05, 0.1) is 6.04 Å². The number of H-pyrrole nitrogens is 1. The van der Waals surface area contributed by atoms with Gasteiger partial charge in [0.25, 0.3) is 0 Å². The molecule has 0 saturated carbocycles. The van der Waals surface area contributed by atoms with Crippen molar-refractivity contribution >= 4 is 79.8 Å². The van der Waals surface area contributed by atoms with Gasteiger partial charge in [0.2, 0.25) is 41.4 Å². The highest BCUT2D eigenvalue weighted by atomic mass is 33.1. The number of benzene rings is 3. The molecule has 3 aromatic carbocycles. The lowest BCUT2D eigenvalue weighted by molar-refractivity contribution is -0.143. The number of hydrogen-bond acceptors (Lipinski definition) is 13. The summed E-state index contributed by atoms with van der Waals surface area (Å²) >= 11 is 0. The van der Waals surface area contributed by atoms with Crippen molar-refractivity contribution < 1.29 is 48.6 Å². The minimum absolute atomic E-state index is 0.00125. The van der Waals surface area contributed by atoms with Crippen molar-refractivity contribution in [3.8, 4) is 5.75 Å². The molecule has 14 N–H and O–H groups in total. The van der Waals surface area contributed by atoms with Gasteiger partial charge in [-0.15, -0.1) is 0 Å². The topological polar surface area (TPSA) is 329 Å². The number of aromatic amines is 1. The Morgan fingerprint density at radius 3 is 1.86 bits per heavy atom. The summed E-state index contributed by atoms with van der Waals surface area (Å²) in [6, 6.07) is 11.6. The van der Waals surface area contributed by atoms with Crippen molar-refractivity contribution in [2.24, 2.45) is 17.4 Å². The Morgan fingerprint density at radius 1 is 0.700 bits per heavy atom. The van der Waals surface area contributed by atoms with Crippen LogP contribution in [0.2, 0.25) is 0 Å². The van der Waals surface area contributed by atoms with Crippen LogP contribution < -0.4 is 48.7 Å². The van der Waals surface area contributed by atoms with E-state index in [0.717, 1.165) is 32.5 Å². The van der Waals surface area contributed by atoms with Crippen LogP contribution in [0.4, 0.5) is 0 Å². The maximum absolute atomic E-state index is 14.7. The van der Waals surface area contributed by atoms with Gasteiger partial charge in [0, 0.05) is 47.9 Å². The molecule has 8 atom stereocenters. The monoisotopic (exact) mass is 1000 g/mol. The largest absolute Gasteiger partial charge is 0.508 e. The molecule has 20 nitrogen and oxygen atoms in total. The Hall–Kier alpha value is -6.62. The molecule has 0 aliphatic carbocycles. The number of amides is 7. The summed E-state index contributed by atoms with van der Waals surface area (Å²) in [5.74, 6) is -7.75. The number of aromatic nitrogens is 1. The van der Waals surface area contributed by atoms with Crippen LogP contribution in [-0.4, -0.2) is 129 Å². The lowest BCUT2D eigenvalue weighted by Crippen LogP contribution is -2.61. The first kappa shape index (κ1) is 54.3. The number of phenolic OH excluding ortho intramolecular Hbond substituents is 1. The number of fused-ring (bicyclic) bond motifs is 1. The number of aliphatic carboxylic acids is 1. The summed E-state index contributed by atoms with van der Waals surface area (Å²) < 4.78 is 0. The van der Waals surface area contributed by atoms with E-state index < -0.39 is 102 Å². The fourth-order valence-corrected chi connectivity index (χ4v) is 9.81. The standard InChI is InChI=1S/C48H62N10O10S2/c1-26(2)40(48(67)68)58-47(66)39-25-70-69-24-38(56-41(60)27(3)50)46(65)54-35(20-28-10-5-4-6-11-28)43(62)55-37(22-30-23-51-33-13-8-7-12-32(30)33)45(64)52-34(14-9-19-49)42(61)53-36(44(63)57-39)21-29-15-17-31(59)18-16-29/h4-8,10-13,15-18,23,26-27,34-40,51,59H,9,14,19-22,24-25,49-50H2,1-3H3,(H,52,64)(H,53,61)(H,54,65)(H,55,62)(H,56,60)(H,57,63)(H,58,66)(H,67,68)/t27-,34-,35+,36-,37-,38-,39-,40-/m0/s1. The number of carbonyl (C=O) groups is 8. The highest BCUT2D eigenvalue weighted by Crippen LogP contribution is 2.25. The normalized spacial score (nSPS) is 22.1. The molecule has 1 fully saturated rings. The highest BCUT2D eigenvalue weighted by Gasteiger charge is 2.36. The third-order valence-corrected chi connectivity index (χ3v) is 13.9. The van der Waals surface area contributed by atoms with Crippen LogP contribution in [0.3, 0.4) is 0 Å². The van der Waals surface area contributed by atoms with E-state index in [9.17, 15) is 48.6 Å². The first-order valence-corrected chi connectivity index (χ1v) is 25.3. The molecule has 7 amide bonds. The summed E-state index contributed by atoms with van der Waals surface area (Å²) in [6.07, 6.45) is 1.68. The number of carbonyl (C=O) groups excluding carboxylic acids is 7. The van der Waals surface area contributed by atoms with Crippen molar-refractivity contribution in [2.75, 3.05) is 18.1 Å². The molecule has 1 aromatic heterocycles. The number of para-hydroxylation sites is 1. The van der Waals surface area contributed by atoms with E-state index in [1.54, 1.807) is 50.4 Å². The minimum Gasteiger partial charge on any atom is -0.508 e. The van der Waals surface area contributed by atoms with Gasteiger partial charge in [-0.3, -0.25) is 33.6 Å². The number of nitrogens with two attached hydrogens (primary N) is 2. The van der Waals surface area contributed by atoms with Gasteiger partial charge < -0.3 is 63.9 Å². The molecule has 0 unspecified atom stereocenters. The fraction of sp³-hybridized carbons (Fsp3) is 0.417. The molecule has 5 rings (SSSR count). The van der Waals surface area contributed by atoms with Crippen LogP contribution in [0, 0.1) is 5.92 Å². The molecule has 70 heavy (non-hydrogen) atoms. The Labute approximate surface area is 413 Å². The molecule has 0 spiro atoms. The maximum atomic E-state index is 14.7. The first-order chi connectivity index (χ1) is 33.4. The predicted octanol–water partition coefficient (Wildman–Crippen LogP) is 0.517. The molecule has 0 radical (unpaired) electrons. The summed E-state index contributed by atoms with van der Waals surface area (Å²) in [5.41, 5.74) is 14.4. The summed E-state index contributed by atoms with van der Waals surface area (Å²) in [5, 5.41) is 39.6. The average molecular weight is 1000 g/mol. The smallest absolute Gasteiger partial charge is 0.326 e. The molecule has 2 heterocycles. The number of phenols is 1. The van der Waals surface area contributed by atoms with E-state index >= 15 is 0 Å². The van der Waals surface area contributed by atoms with Crippen LogP contribution in [0.25, 0.3) is 10.9 Å². The number of aromatic hydroxyl groups is 1. The molecule has 4 aromatic rings. The molecule has 1 aliphatic rings. The quantitative estimate of drug-likeness (QED) is 0.0723. The van der Waals surface area contributed by atoms with Gasteiger partial charge in [-0.25, -0.2) is 4.79 Å². The molecule has 0 bridgehead atoms. The summed E-state index contributed by atoms with van der Waals surface area (Å²) in [4.78, 5) is 115. The highest BCUT2D eigenvalue weighted by molar-refractivity contribution is 8.76. The average Bonchev–Trinajstić information content (AvgIpc) is 3.74. The third-order valence-electron chi connectivity index (χ3n) is 11.4. The number of hydrogen-bond donors (Lipinski definition) is 12. The minimum atomic E-state index is -1.42. The number of nitrogens with one attached hydrogen (secondary N) is 8. The van der Waals surface area contributed by atoms with Crippen molar-refractivity contribution in [1.29, 1.82) is 0 Å². The second kappa shape index (κ2) is 26.4. The van der Waals surface area contributed by atoms with E-state index in [0.29, 0.717) is 16.7 Å². The first-order valence-electron chi connectivity index (χ1n) is 22.9. The Bertz CT molecular complexity index is 2460. The zero-order chi connectivity index (χ0) is 50.9. The van der Waals surface area contributed by atoms with Crippen LogP contribution in [0.1, 0.15) is 50.3 Å². The van der Waals surface area contributed by atoms with Crippen LogP contribution in [0.15, 0.2) is 85.1 Å². The van der Waals surface area contributed by atoms with Gasteiger partial charge in [-0.1, -0.05) is 96.1 Å². The predicted molar refractivity (Wildman–Crippen MR) is 267 cm³/mol. The lowest BCUT2D eigenvalue weighted by Gasteiger charge is -2.29. The van der Waals surface area contributed by atoms with Crippen LogP contribution in [-0.2, 0) is 57.6 Å². The van der Waals surface area contributed by atoms with E-state index in [2.05, 4.69) is 42.2 Å². The molecule has 22 heteroatoms. The molecule has 1 saturated heterocycles. The maximum Gasteiger partial charge on any atom is 0.326 e. The zero-order valence-corrected chi connectivity index (χ0v) is 40.7. The second-order valence-corrected chi connectivity index (χ2v) is 19.9. The number of carboxylic acid groups (broad SMARTS) is 1. The van der Waals surface area contributed by atoms with Crippen LogP contribution in [0.5, 0.6) is 5.75 Å². The second-order valence-electron chi connectivity index (χ2n) is 17.3. The number of carboxylic acids is 1. The van der Waals surface area contributed by atoms with E-state index in [-0.39, 0.29) is 55.9 Å². The van der Waals surface area contributed by atoms with Crippen molar-refractivity contribution in [1.82, 2.24) is 42.2 Å². The third kappa shape index (κ3) is 16.0.